The zero-order valence-electron chi connectivity index (χ0n) is 12.1. The van der Waals surface area contributed by atoms with E-state index in [2.05, 4.69) is 24.1 Å². The average Bonchev–Trinajstić information content (AvgIpc) is 2.78. The van der Waals surface area contributed by atoms with Crippen LogP contribution in [0.5, 0.6) is 0 Å². The smallest absolute Gasteiger partial charge is 0.307 e. The van der Waals surface area contributed by atoms with Gasteiger partial charge in [-0.1, -0.05) is 20.8 Å². The first-order chi connectivity index (χ1) is 8.41. The number of carbonyl (C=O) groups is 1. The van der Waals surface area contributed by atoms with Gasteiger partial charge >= 0.3 is 5.97 Å². The molecule has 1 aliphatic heterocycles. The first-order valence-corrected chi connectivity index (χ1v) is 7.12. The summed E-state index contributed by atoms with van der Waals surface area (Å²) >= 11 is 0. The van der Waals surface area contributed by atoms with E-state index in [9.17, 15) is 4.79 Å². The van der Waals surface area contributed by atoms with E-state index >= 15 is 0 Å². The van der Waals surface area contributed by atoms with Crippen molar-refractivity contribution in [3.8, 4) is 0 Å². The number of hydrogen-bond acceptors (Lipinski definition) is 3. The number of carboxylic acid groups (broad SMARTS) is 1. The molecular formula is C14H28N2O2. The molecule has 0 bridgehead atoms. The van der Waals surface area contributed by atoms with Crippen LogP contribution in [-0.4, -0.2) is 47.7 Å². The lowest BCUT2D eigenvalue weighted by atomic mass is 10.00. The number of rotatable bonds is 7. The molecule has 4 heteroatoms. The van der Waals surface area contributed by atoms with Crippen molar-refractivity contribution in [1.82, 2.24) is 10.2 Å². The van der Waals surface area contributed by atoms with Gasteiger partial charge in [-0.05, 0) is 32.2 Å². The average molecular weight is 256 g/mol. The maximum Gasteiger partial charge on any atom is 0.307 e. The number of nitrogens with one attached hydrogen (secondary N) is 1. The molecule has 106 valence electrons. The van der Waals surface area contributed by atoms with Gasteiger partial charge in [-0.15, -0.1) is 0 Å². The normalized spacial score (nSPS) is 23.6. The number of aliphatic carboxylic acids is 1. The quantitative estimate of drug-likeness (QED) is 0.729. The van der Waals surface area contributed by atoms with Gasteiger partial charge in [-0.2, -0.15) is 0 Å². The molecule has 2 N–H and O–H groups in total. The Kier molecular flexibility index (Phi) is 6.09. The molecule has 0 radical (unpaired) electrons. The SMILES string of the molecule is CC(C)CN(CC1CCCN1)C(C)C(C)C(=O)O. The van der Waals surface area contributed by atoms with E-state index < -0.39 is 5.97 Å². The maximum absolute atomic E-state index is 11.1. The Labute approximate surface area is 111 Å². The zero-order valence-corrected chi connectivity index (χ0v) is 12.1. The molecule has 0 spiro atoms. The minimum atomic E-state index is -0.698. The number of hydrogen-bond donors (Lipinski definition) is 2. The van der Waals surface area contributed by atoms with Gasteiger partial charge < -0.3 is 10.4 Å². The van der Waals surface area contributed by atoms with Crippen LogP contribution in [0.3, 0.4) is 0 Å². The fraction of sp³-hybridized carbons (Fsp3) is 0.929. The first kappa shape index (κ1) is 15.4. The van der Waals surface area contributed by atoms with Crippen molar-refractivity contribution in [3.05, 3.63) is 0 Å². The van der Waals surface area contributed by atoms with Gasteiger partial charge in [0.05, 0.1) is 5.92 Å². The predicted octanol–water partition coefficient (Wildman–Crippen LogP) is 1.81. The van der Waals surface area contributed by atoms with E-state index in [1.54, 1.807) is 0 Å². The molecule has 1 rings (SSSR count). The van der Waals surface area contributed by atoms with Crippen LogP contribution < -0.4 is 5.32 Å². The lowest BCUT2D eigenvalue weighted by molar-refractivity contribution is -0.143. The lowest BCUT2D eigenvalue weighted by Gasteiger charge is -2.34. The summed E-state index contributed by atoms with van der Waals surface area (Å²) < 4.78 is 0. The van der Waals surface area contributed by atoms with E-state index in [0.29, 0.717) is 12.0 Å². The van der Waals surface area contributed by atoms with E-state index in [4.69, 9.17) is 5.11 Å². The highest BCUT2D eigenvalue weighted by molar-refractivity contribution is 5.70. The van der Waals surface area contributed by atoms with Crippen LogP contribution in [-0.2, 0) is 4.79 Å². The molecule has 3 atom stereocenters. The van der Waals surface area contributed by atoms with E-state index in [1.807, 2.05) is 13.8 Å². The number of carboxylic acids is 1. The summed E-state index contributed by atoms with van der Waals surface area (Å²) in [6, 6.07) is 0.625. The van der Waals surface area contributed by atoms with Gasteiger partial charge in [0.1, 0.15) is 0 Å². The summed E-state index contributed by atoms with van der Waals surface area (Å²) in [7, 11) is 0. The molecule has 18 heavy (non-hydrogen) atoms. The molecule has 0 amide bonds. The van der Waals surface area contributed by atoms with Gasteiger partial charge in [0.15, 0.2) is 0 Å². The standard InChI is InChI=1S/C14H28N2O2/c1-10(2)8-16(9-13-6-5-7-15-13)12(4)11(3)14(17)18/h10-13,15H,5-9H2,1-4H3,(H,17,18). The molecule has 1 fully saturated rings. The molecule has 1 saturated heterocycles. The third-order valence-corrected chi connectivity index (χ3v) is 3.91. The van der Waals surface area contributed by atoms with E-state index in [-0.39, 0.29) is 12.0 Å². The van der Waals surface area contributed by atoms with Gasteiger partial charge in [-0.3, -0.25) is 9.69 Å². The minimum Gasteiger partial charge on any atom is -0.481 e. The van der Waals surface area contributed by atoms with Gasteiger partial charge in [0, 0.05) is 25.2 Å². The van der Waals surface area contributed by atoms with Crippen molar-refractivity contribution in [2.45, 2.75) is 52.6 Å². The second-order valence-electron chi connectivity index (χ2n) is 6.01. The molecule has 0 saturated carbocycles. The van der Waals surface area contributed by atoms with Crippen molar-refractivity contribution in [2.75, 3.05) is 19.6 Å². The molecule has 0 aromatic carbocycles. The minimum absolute atomic E-state index is 0.0901. The second-order valence-corrected chi connectivity index (χ2v) is 6.01. The Balaban J connectivity index is 2.60. The first-order valence-electron chi connectivity index (χ1n) is 7.12. The van der Waals surface area contributed by atoms with Crippen LogP contribution in [0.4, 0.5) is 0 Å². The fourth-order valence-corrected chi connectivity index (χ4v) is 2.59. The maximum atomic E-state index is 11.1. The summed E-state index contributed by atoms with van der Waals surface area (Å²) in [4.78, 5) is 13.5. The van der Waals surface area contributed by atoms with Crippen LogP contribution in [0.25, 0.3) is 0 Å². The summed E-state index contributed by atoms with van der Waals surface area (Å²) in [6.45, 7) is 11.3. The molecule has 0 aromatic heterocycles. The van der Waals surface area contributed by atoms with Crippen molar-refractivity contribution >= 4 is 5.97 Å². The van der Waals surface area contributed by atoms with Gasteiger partial charge in [0.2, 0.25) is 0 Å². The topological polar surface area (TPSA) is 52.6 Å². The monoisotopic (exact) mass is 256 g/mol. The molecule has 0 aliphatic carbocycles. The Morgan fingerprint density at radius 1 is 1.39 bits per heavy atom. The Morgan fingerprint density at radius 3 is 2.50 bits per heavy atom. The van der Waals surface area contributed by atoms with Crippen molar-refractivity contribution < 1.29 is 9.90 Å². The summed E-state index contributed by atoms with van der Waals surface area (Å²) in [5.41, 5.74) is 0. The largest absolute Gasteiger partial charge is 0.481 e. The highest BCUT2D eigenvalue weighted by Gasteiger charge is 2.28. The third kappa shape index (κ3) is 4.58. The third-order valence-electron chi connectivity index (χ3n) is 3.91. The molecule has 3 unspecified atom stereocenters. The summed E-state index contributed by atoms with van der Waals surface area (Å²) in [5.74, 6) is -0.448. The lowest BCUT2D eigenvalue weighted by Crippen LogP contribution is -2.47. The number of nitrogens with zero attached hydrogens (tertiary/aromatic N) is 1. The van der Waals surface area contributed by atoms with Crippen molar-refractivity contribution in [2.24, 2.45) is 11.8 Å². The zero-order chi connectivity index (χ0) is 13.7. The summed E-state index contributed by atoms with van der Waals surface area (Å²) in [6.07, 6.45) is 2.45. The Bertz CT molecular complexity index is 263. The second kappa shape index (κ2) is 7.10. The van der Waals surface area contributed by atoms with Crippen LogP contribution in [0.2, 0.25) is 0 Å². The molecule has 0 aromatic rings. The Morgan fingerprint density at radius 2 is 2.06 bits per heavy atom. The van der Waals surface area contributed by atoms with Gasteiger partial charge in [0.25, 0.3) is 0 Å². The molecule has 4 nitrogen and oxygen atoms in total. The highest BCUT2D eigenvalue weighted by Crippen LogP contribution is 2.16. The fourth-order valence-electron chi connectivity index (χ4n) is 2.59. The van der Waals surface area contributed by atoms with E-state index in [0.717, 1.165) is 19.6 Å². The van der Waals surface area contributed by atoms with Crippen molar-refractivity contribution in [1.29, 1.82) is 0 Å². The predicted molar refractivity (Wildman–Crippen MR) is 73.7 cm³/mol. The summed E-state index contributed by atoms with van der Waals surface area (Å²) in [5, 5.41) is 12.6. The molecular weight excluding hydrogens is 228 g/mol. The Hall–Kier alpha value is -0.610. The molecule has 1 aliphatic rings. The van der Waals surface area contributed by atoms with Crippen LogP contribution >= 0.6 is 0 Å². The van der Waals surface area contributed by atoms with Crippen molar-refractivity contribution in [3.63, 3.8) is 0 Å². The van der Waals surface area contributed by atoms with Gasteiger partial charge in [-0.25, -0.2) is 0 Å². The molecule has 1 heterocycles. The van der Waals surface area contributed by atoms with E-state index in [1.165, 1.54) is 12.8 Å². The van der Waals surface area contributed by atoms with Crippen LogP contribution in [0.1, 0.15) is 40.5 Å². The van der Waals surface area contributed by atoms with Crippen LogP contribution in [0, 0.1) is 11.8 Å². The van der Waals surface area contributed by atoms with Crippen LogP contribution in [0.15, 0.2) is 0 Å². The highest BCUT2D eigenvalue weighted by atomic mass is 16.4.